The molecule has 0 heterocycles. The summed E-state index contributed by atoms with van der Waals surface area (Å²) in [6.45, 7) is 11.4. The molecule has 17 heavy (non-hydrogen) atoms. The van der Waals surface area contributed by atoms with Gasteiger partial charge in [-0.3, -0.25) is 0 Å². The third kappa shape index (κ3) is 5.15. The zero-order valence-electron chi connectivity index (χ0n) is 11.0. The van der Waals surface area contributed by atoms with E-state index in [0.717, 1.165) is 0 Å². The molecule has 92 valence electrons. The molecule has 0 amide bonds. The Hall–Kier alpha value is -1.12. The number of hydrogen-bond donors (Lipinski definition) is 0. The fourth-order valence-electron chi connectivity index (χ4n) is 1.58. The summed E-state index contributed by atoms with van der Waals surface area (Å²) in [5.74, 6) is 0. The molecular weight excluding hydrogens is 224 g/mol. The molecule has 0 aliphatic carbocycles. The minimum Gasteiger partial charge on any atom is -0.374 e. The average Bonchev–Trinajstić information content (AvgIpc) is 2.28. The molecule has 0 radical (unpaired) electrons. The van der Waals surface area contributed by atoms with Gasteiger partial charge in [0.25, 0.3) is 0 Å². The van der Waals surface area contributed by atoms with Crippen LogP contribution < -0.4 is 0 Å². The van der Waals surface area contributed by atoms with Crippen LogP contribution in [0.25, 0.3) is 6.08 Å². The van der Waals surface area contributed by atoms with Crippen molar-refractivity contribution >= 4 is 14.1 Å². The lowest BCUT2D eigenvalue weighted by Gasteiger charge is -2.25. The van der Waals surface area contributed by atoms with Gasteiger partial charge < -0.3 is 4.74 Å². The summed E-state index contributed by atoms with van der Waals surface area (Å²) in [5.41, 5.74) is 1.43. The predicted octanol–water partition coefficient (Wildman–Crippen LogP) is 4.15. The molecule has 0 spiro atoms. The minimum atomic E-state index is -1.29. The van der Waals surface area contributed by atoms with Crippen molar-refractivity contribution in [3.05, 3.63) is 54.6 Å². The summed E-state index contributed by atoms with van der Waals surface area (Å²) in [6.07, 6.45) is 6.08. The first kappa shape index (κ1) is 13.9. The molecule has 1 aromatic rings. The van der Waals surface area contributed by atoms with Gasteiger partial charge in [-0.2, -0.15) is 0 Å². The van der Waals surface area contributed by atoms with Crippen LogP contribution in [-0.2, 0) is 4.74 Å². The quantitative estimate of drug-likeness (QED) is 0.541. The van der Waals surface area contributed by atoms with Crippen molar-refractivity contribution in [2.45, 2.75) is 25.4 Å². The maximum Gasteiger partial charge on any atom is 0.0834 e. The number of ether oxygens (including phenoxy) is 1. The summed E-state index contributed by atoms with van der Waals surface area (Å²) in [7, 11) is -1.29. The Bertz CT molecular complexity index is 362. The molecule has 0 N–H and O–H groups in total. The molecule has 0 saturated heterocycles. The second kappa shape index (κ2) is 6.57. The topological polar surface area (TPSA) is 9.23 Å². The molecule has 1 unspecified atom stereocenters. The van der Waals surface area contributed by atoms with Gasteiger partial charge in [-0.05, 0) is 5.56 Å². The van der Waals surface area contributed by atoms with E-state index in [0.29, 0.717) is 6.61 Å². The lowest BCUT2D eigenvalue weighted by molar-refractivity contribution is 0.157. The Labute approximate surface area is 106 Å². The van der Waals surface area contributed by atoms with Crippen molar-refractivity contribution in [1.29, 1.82) is 0 Å². The molecule has 0 aliphatic heterocycles. The molecular formula is C15H22OSi. The Morgan fingerprint density at radius 3 is 2.41 bits per heavy atom. The fraction of sp³-hybridized carbons (Fsp3) is 0.333. The first-order chi connectivity index (χ1) is 8.04. The molecule has 0 bridgehead atoms. The summed E-state index contributed by atoms with van der Waals surface area (Å²) < 4.78 is 5.83. The second-order valence-electron chi connectivity index (χ2n) is 5.17. The molecule has 2 heteroatoms. The zero-order valence-corrected chi connectivity index (χ0v) is 12.0. The summed E-state index contributed by atoms with van der Waals surface area (Å²) in [4.78, 5) is 0. The Morgan fingerprint density at radius 2 is 1.88 bits per heavy atom. The van der Waals surface area contributed by atoms with Crippen LogP contribution >= 0.6 is 0 Å². The molecule has 0 saturated carbocycles. The van der Waals surface area contributed by atoms with Crippen molar-refractivity contribution in [2.75, 3.05) is 6.61 Å². The number of hydrogen-bond acceptors (Lipinski definition) is 1. The van der Waals surface area contributed by atoms with Crippen LogP contribution in [0.2, 0.25) is 19.6 Å². The van der Waals surface area contributed by atoms with Crippen molar-refractivity contribution in [3.8, 4) is 0 Å². The highest BCUT2D eigenvalue weighted by Gasteiger charge is 2.24. The van der Waals surface area contributed by atoms with Crippen LogP contribution in [0.4, 0.5) is 0 Å². The Balaban J connectivity index is 2.42. The van der Waals surface area contributed by atoms with Gasteiger partial charge in [0.2, 0.25) is 0 Å². The number of benzene rings is 1. The summed E-state index contributed by atoms with van der Waals surface area (Å²) >= 11 is 0. The maximum absolute atomic E-state index is 5.83. The molecule has 0 aliphatic rings. The molecule has 1 atom stereocenters. The average molecular weight is 246 g/mol. The van der Waals surface area contributed by atoms with Crippen molar-refractivity contribution in [3.63, 3.8) is 0 Å². The SMILES string of the molecule is C=CC(OC/C=C/c1ccccc1)[Si](C)(C)C. The van der Waals surface area contributed by atoms with Gasteiger partial charge in [-0.1, -0.05) is 68.2 Å². The van der Waals surface area contributed by atoms with E-state index in [-0.39, 0.29) is 5.73 Å². The highest BCUT2D eigenvalue weighted by Crippen LogP contribution is 2.12. The largest absolute Gasteiger partial charge is 0.374 e. The van der Waals surface area contributed by atoms with E-state index in [1.807, 2.05) is 24.3 Å². The second-order valence-corrected chi connectivity index (χ2v) is 10.5. The normalized spacial score (nSPS) is 13.8. The maximum atomic E-state index is 5.83. The third-order valence-electron chi connectivity index (χ3n) is 2.55. The lowest BCUT2D eigenvalue weighted by Crippen LogP contribution is -2.38. The van der Waals surface area contributed by atoms with E-state index in [2.05, 4.69) is 50.5 Å². The van der Waals surface area contributed by atoms with Gasteiger partial charge in [0.15, 0.2) is 0 Å². The van der Waals surface area contributed by atoms with E-state index in [9.17, 15) is 0 Å². The standard InChI is InChI=1S/C15H22OSi/c1-5-15(17(2,3)4)16-13-9-12-14-10-7-6-8-11-14/h5-12,15H,1,13H2,2-4H3/b12-9+. The van der Waals surface area contributed by atoms with Crippen LogP contribution in [0.3, 0.4) is 0 Å². The van der Waals surface area contributed by atoms with E-state index >= 15 is 0 Å². The van der Waals surface area contributed by atoms with Gasteiger partial charge in [-0.25, -0.2) is 0 Å². The lowest BCUT2D eigenvalue weighted by atomic mass is 10.2. The molecule has 1 aromatic carbocycles. The Kier molecular flexibility index (Phi) is 5.39. The van der Waals surface area contributed by atoms with Crippen LogP contribution in [-0.4, -0.2) is 20.4 Å². The monoisotopic (exact) mass is 246 g/mol. The molecule has 0 fully saturated rings. The minimum absolute atomic E-state index is 0.225. The van der Waals surface area contributed by atoms with Crippen molar-refractivity contribution in [1.82, 2.24) is 0 Å². The van der Waals surface area contributed by atoms with E-state index in [4.69, 9.17) is 4.74 Å². The van der Waals surface area contributed by atoms with Crippen molar-refractivity contribution < 1.29 is 4.74 Å². The van der Waals surface area contributed by atoms with E-state index < -0.39 is 8.07 Å². The van der Waals surface area contributed by atoms with E-state index in [1.165, 1.54) is 5.56 Å². The smallest absolute Gasteiger partial charge is 0.0834 e. The van der Waals surface area contributed by atoms with Crippen LogP contribution in [0, 0.1) is 0 Å². The first-order valence-corrected chi connectivity index (χ1v) is 9.57. The van der Waals surface area contributed by atoms with Crippen LogP contribution in [0.5, 0.6) is 0 Å². The van der Waals surface area contributed by atoms with Crippen molar-refractivity contribution in [2.24, 2.45) is 0 Å². The fourth-order valence-corrected chi connectivity index (χ4v) is 2.88. The van der Waals surface area contributed by atoms with E-state index in [1.54, 1.807) is 0 Å². The highest BCUT2D eigenvalue weighted by atomic mass is 28.3. The first-order valence-electron chi connectivity index (χ1n) is 6.00. The predicted molar refractivity (Wildman–Crippen MR) is 78.8 cm³/mol. The van der Waals surface area contributed by atoms with Gasteiger partial charge >= 0.3 is 0 Å². The molecule has 1 rings (SSSR count). The summed E-state index contributed by atoms with van der Waals surface area (Å²) in [5, 5.41) is 0. The Morgan fingerprint density at radius 1 is 1.24 bits per heavy atom. The van der Waals surface area contributed by atoms with Gasteiger partial charge in [0.1, 0.15) is 0 Å². The summed E-state index contributed by atoms with van der Waals surface area (Å²) in [6, 6.07) is 10.3. The third-order valence-corrected chi connectivity index (χ3v) is 4.66. The van der Waals surface area contributed by atoms with Gasteiger partial charge in [-0.15, -0.1) is 6.58 Å². The zero-order chi connectivity index (χ0) is 12.7. The molecule has 1 nitrogen and oxygen atoms in total. The van der Waals surface area contributed by atoms with Gasteiger partial charge in [0.05, 0.1) is 20.4 Å². The molecule has 0 aromatic heterocycles. The van der Waals surface area contributed by atoms with Gasteiger partial charge in [0, 0.05) is 0 Å². The number of rotatable bonds is 6. The van der Waals surface area contributed by atoms with Crippen LogP contribution in [0.1, 0.15) is 5.56 Å². The van der Waals surface area contributed by atoms with Crippen LogP contribution in [0.15, 0.2) is 49.1 Å². The highest BCUT2D eigenvalue weighted by molar-refractivity contribution is 6.77.